The Morgan fingerprint density at radius 2 is 1.65 bits per heavy atom. The first-order valence-electron chi connectivity index (χ1n) is 8.37. The number of hydrogen-bond donors (Lipinski definition) is 2. The molecule has 0 aliphatic carbocycles. The number of benzene rings is 1. The standard InChI is InChI=1S/C18H22N2O6/c1-18(2,3)26-17(24)20-8-6-19(7-9-20)16(23)14-12(21)5-4-11-13(22)10-25-15(11)14/h4-5,10,21-22H,6-9H2,1-3H3. The molecule has 8 nitrogen and oxygen atoms in total. The lowest BCUT2D eigenvalue weighted by atomic mass is 10.1. The van der Waals surface area contributed by atoms with E-state index in [1.165, 1.54) is 17.0 Å². The monoisotopic (exact) mass is 362 g/mol. The second-order valence-corrected chi connectivity index (χ2v) is 7.22. The maximum absolute atomic E-state index is 12.8. The quantitative estimate of drug-likeness (QED) is 0.808. The molecule has 0 spiro atoms. The van der Waals surface area contributed by atoms with Gasteiger partial charge >= 0.3 is 6.09 Å². The molecule has 0 atom stereocenters. The molecule has 0 radical (unpaired) electrons. The maximum atomic E-state index is 12.8. The van der Waals surface area contributed by atoms with Gasteiger partial charge < -0.3 is 29.2 Å². The second-order valence-electron chi connectivity index (χ2n) is 7.22. The van der Waals surface area contributed by atoms with Crippen LogP contribution < -0.4 is 0 Å². The van der Waals surface area contributed by atoms with Crippen molar-refractivity contribution in [2.75, 3.05) is 26.2 Å². The number of amides is 2. The molecule has 1 aliphatic rings. The maximum Gasteiger partial charge on any atom is 0.410 e. The summed E-state index contributed by atoms with van der Waals surface area (Å²) in [6, 6.07) is 2.84. The number of furan rings is 1. The Morgan fingerprint density at radius 1 is 1.04 bits per heavy atom. The average molecular weight is 362 g/mol. The first-order valence-corrected chi connectivity index (χ1v) is 8.37. The van der Waals surface area contributed by atoms with Gasteiger partial charge in [-0.1, -0.05) is 0 Å². The van der Waals surface area contributed by atoms with Crippen molar-refractivity contribution in [1.82, 2.24) is 9.80 Å². The van der Waals surface area contributed by atoms with Crippen molar-refractivity contribution in [3.63, 3.8) is 0 Å². The third-order valence-corrected chi connectivity index (χ3v) is 4.13. The molecule has 3 rings (SSSR count). The Labute approximate surface area is 150 Å². The number of piperazine rings is 1. The Balaban J connectivity index is 1.74. The van der Waals surface area contributed by atoms with Crippen LogP contribution in [0.1, 0.15) is 31.1 Å². The van der Waals surface area contributed by atoms with Gasteiger partial charge in [-0.2, -0.15) is 0 Å². The van der Waals surface area contributed by atoms with Gasteiger partial charge in [0.05, 0.1) is 5.39 Å². The highest BCUT2D eigenvalue weighted by molar-refractivity contribution is 6.08. The minimum absolute atomic E-state index is 0.00789. The largest absolute Gasteiger partial charge is 0.507 e. The van der Waals surface area contributed by atoms with Gasteiger partial charge in [-0.05, 0) is 32.9 Å². The number of phenolic OH excluding ortho intramolecular Hbond substituents is 1. The molecule has 0 saturated carbocycles. The molecule has 2 amide bonds. The summed E-state index contributed by atoms with van der Waals surface area (Å²) in [5.41, 5.74) is -0.428. The SMILES string of the molecule is CC(C)(C)OC(=O)N1CCN(C(=O)c2c(O)ccc3c(O)coc23)CC1. The van der Waals surface area contributed by atoms with Crippen LogP contribution in [0.25, 0.3) is 11.0 Å². The lowest BCUT2D eigenvalue weighted by molar-refractivity contribution is 0.0140. The van der Waals surface area contributed by atoms with Crippen LogP contribution in [0.15, 0.2) is 22.8 Å². The molecule has 8 heteroatoms. The number of hydrogen-bond acceptors (Lipinski definition) is 6. The van der Waals surface area contributed by atoms with Gasteiger partial charge in [-0.25, -0.2) is 4.79 Å². The zero-order valence-electron chi connectivity index (χ0n) is 15.0. The van der Waals surface area contributed by atoms with E-state index in [1.807, 2.05) is 0 Å². The number of ether oxygens (including phenoxy) is 1. The number of rotatable bonds is 1. The van der Waals surface area contributed by atoms with Crippen LogP contribution in [0.2, 0.25) is 0 Å². The van der Waals surface area contributed by atoms with Crippen LogP contribution >= 0.6 is 0 Å². The molecule has 1 aliphatic heterocycles. The summed E-state index contributed by atoms with van der Waals surface area (Å²) in [5, 5.41) is 20.2. The number of carbonyl (C=O) groups excluding carboxylic acids is 2. The predicted octanol–water partition coefficient (Wildman–Crippen LogP) is 2.54. The third-order valence-electron chi connectivity index (χ3n) is 4.13. The fourth-order valence-corrected chi connectivity index (χ4v) is 2.86. The van der Waals surface area contributed by atoms with E-state index in [4.69, 9.17) is 9.15 Å². The predicted molar refractivity (Wildman–Crippen MR) is 93.3 cm³/mol. The average Bonchev–Trinajstić information content (AvgIpc) is 2.94. The topological polar surface area (TPSA) is 103 Å². The van der Waals surface area contributed by atoms with Crippen LogP contribution in [0.4, 0.5) is 4.79 Å². The van der Waals surface area contributed by atoms with E-state index in [0.717, 1.165) is 6.26 Å². The molecule has 26 heavy (non-hydrogen) atoms. The molecule has 2 N–H and O–H groups in total. The first-order chi connectivity index (χ1) is 12.2. The van der Waals surface area contributed by atoms with Crippen molar-refractivity contribution in [1.29, 1.82) is 0 Å². The highest BCUT2D eigenvalue weighted by Crippen LogP contribution is 2.34. The smallest absolute Gasteiger partial charge is 0.410 e. The van der Waals surface area contributed by atoms with Crippen molar-refractivity contribution in [3.05, 3.63) is 24.0 Å². The first kappa shape index (κ1) is 17.9. The number of nitrogens with zero attached hydrogens (tertiary/aromatic N) is 2. The number of phenols is 1. The van der Waals surface area contributed by atoms with Gasteiger partial charge in [0, 0.05) is 26.2 Å². The molecule has 0 unspecified atom stereocenters. The van der Waals surface area contributed by atoms with Crippen molar-refractivity contribution in [2.45, 2.75) is 26.4 Å². The van der Waals surface area contributed by atoms with Crippen LogP contribution in [0.3, 0.4) is 0 Å². The van der Waals surface area contributed by atoms with Crippen molar-refractivity contribution in [3.8, 4) is 11.5 Å². The molecular formula is C18H22N2O6. The fourth-order valence-electron chi connectivity index (χ4n) is 2.86. The van der Waals surface area contributed by atoms with Gasteiger partial charge in [0.15, 0.2) is 11.3 Å². The van der Waals surface area contributed by atoms with Gasteiger partial charge in [0.25, 0.3) is 5.91 Å². The summed E-state index contributed by atoms with van der Waals surface area (Å²) in [4.78, 5) is 28.0. The van der Waals surface area contributed by atoms with Gasteiger partial charge in [0.2, 0.25) is 0 Å². The summed E-state index contributed by atoms with van der Waals surface area (Å²) in [5.74, 6) is -0.721. The van der Waals surface area contributed by atoms with Crippen molar-refractivity contribution in [2.24, 2.45) is 0 Å². The zero-order valence-corrected chi connectivity index (χ0v) is 15.0. The molecule has 1 fully saturated rings. The van der Waals surface area contributed by atoms with E-state index >= 15 is 0 Å². The Bertz CT molecular complexity index is 843. The molecule has 2 aromatic rings. The van der Waals surface area contributed by atoms with E-state index in [0.29, 0.717) is 31.6 Å². The Morgan fingerprint density at radius 3 is 2.27 bits per heavy atom. The molecule has 0 bridgehead atoms. The summed E-state index contributed by atoms with van der Waals surface area (Å²) < 4.78 is 10.6. The summed E-state index contributed by atoms with van der Waals surface area (Å²) >= 11 is 0. The summed E-state index contributed by atoms with van der Waals surface area (Å²) in [6.45, 7) is 6.68. The molecule has 2 heterocycles. The van der Waals surface area contributed by atoms with E-state index in [-0.39, 0.29) is 22.6 Å². The molecule has 1 aromatic carbocycles. The minimum Gasteiger partial charge on any atom is -0.507 e. The van der Waals surface area contributed by atoms with Crippen molar-refractivity contribution < 1.29 is 29.0 Å². The number of fused-ring (bicyclic) bond motifs is 1. The van der Waals surface area contributed by atoms with Gasteiger partial charge in [-0.15, -0.1) is 0 Å². The zero-order chi connectivity index (χ0) is 19.1. The fraction of sp³-hybridized carbons (Fsp3) is 0.444. The minimum atomic E-state index is -0.577. The Hall–Kier alpha value is -2.90. The van der Waals surface area contributed by atoms with E-state index < -0.39 is 17.6 Å². The Kier molecular flexibility index (Phi) is 4.43. The molecular weight excluding hydrogens is 340 g/mol. The van der Waals surface area contributed by atoms with Crippen LogP contribution in [0.5, 0.6) is 11.5 Å². The highest BCUT2D eigenvalue weighted by atomic mass is 16.6. The van der Waals surface area contributed by atoms with Crippen LogP contribution in [-0.4, -0.2) is 63.8 Å². The van der Waals surface area contributed by atoms with Crippen LogP contribution in [-0.2, 0) is 4.74 Å². The third kappa shape index (κ3) is 3.40. The van der Waals surface area contributed by atoms with Crippen LogP contribution in [0, 0.1) is 0 Å². The highest BCUT2D eigenvalue weighted by Gasteiger charge is 2.30. The van der Waals surface area contributed by atoms with Crippen molar-refractivity contribution >= 4 is 23.0 Å². The molecule has 1 saturated heterocycles. The normalized spacial score (nSPS) is 15.3. The number of aromatic hydroxyl groups is 2. The lowest BCUT2D eigenvalue weighted by Gasteiger charge is -2.35. The van der Waals surface area contributed by atoms with Gasteiger partial charge in [-0.3, -0.25) is 4.79 Å². The van der Waals surface area contributed by atoms with Gasteiger partial charge in [0.1, 0.15) is 23.2 Å². The number of carbonyl (C=O) groups is 2. The van der Waals surface area contributed by atoms with E-state index in [1.54, 1.807) is 25.7 Å². The van der Waals surface area contributed by atoms with E-state index in [2.05, 4.69) is 0 Å². The van der Waals surface area contributed by atoms with E-state index in [9.17, 15) is 19.8 Å². The lowest BCUT2D eigenvalue weighted by Crippen LogP contribution is -2.51. The molecule has 140 valence electrons. The molecule has 1 aromatic heterocycles. The summed E-state index contributed by atoms with van der Waals surface area (Å²) in [7, 11) is 0. The summed E-state index contributed by atoms with van der Waals surface area (Å²) in [6.07, 6.45) is 0.715. The second kappa shape index (κ2) is 6.44.